The quantitative estimate of drug-likeness (QED) is 0.152. The molecule has 0 aliphatic rings. The zero-order valence-corrected chi connectivity index (χ0v) is 20.4. The minimum absolute atomic E-state index is 0.00949. The van der Waals surface area contributed by atoms with Crippen LogP contribution in [0.3, 0.4) is 0 Å². The molecule has 0 radical (unpaired) electrons. The van der Waals surface area contributed by atoms with Crippen LogP contribution in [0.2, 0.25) is 0 Å². The maximum Gasteiger partial charge on any atom is 0.262 e. The van der Waals surface area contributed by atoms with E-state index in [4.69, 9.17) is 4.74 Å². The Labute approximate surface area is 211 Å². The first-order valence-electron chi connectivity index (χ1n) is 11.2. The van der Waals surface area contributed by atoms with Crippen LogP contribution in [0.4, 0.5) is 4.39 Å². The molecule has 0 fully saturated rings. The number of nitrogens with one attached hydrogen (secondary N) is 1. The van der Waals surface area contributed by atoms with Crippen LogP contribution in [0.5, 0.6) is 0 Å². The summed E-state index contributed by atoms with van der Waals surface area (Å²) in [6.45, 7) is 1.01. The molecule has 3 aromatic carbocycles. The van der Waals surface area contributed by atoms with Gasteiger partial charge in [0.25, 0.3) is 11.5 Å². The molecule has 0 spiro atoms. The Morgan fingerprint density at radius 3 is 2.47 bits per heavy atom. The first-order valence-corrected chi connectivity index (χ1v) is 12.2. The summed E-state index contributed by atoms with van der Waals surface area (Å²) in [5, 5.41) is 3.47. The van der Waals surface area contributed by atoms with Crippen molar-refractivity contribution in [2.24, 2.45) is 0 Å². The molecule has 1 heterocycles. The second-order valence-electron chi connectivity index (χ2n) is 7.97. The van der Waals surface area contributed by atoms with E-state index >= 15 is 0 Å². The third kappa shape index (κ3) is 6.05. The van der Waals surface area contributed by atoms with Crippen LogP contribution in [0.15, 0.2) is 82.7 Å². The number of aromatic nitrogens is 2. The van der Waals surface area contributed by atoms with Gasteiger partial charge >= 0.3 is 0 Å². The number of thioether (sulfide) groups is 1. The summed E-state index contributed by atoms with van der Waals surface area (Å²) in [5.41, 5.74) is 1.73. The van der Waals surface area contributed by atoms with Crippen LogP contribution < -0.4 is 10.9 Å². The maximum atomic E-state index is 13.5. The lowest BCUT2D eigenvalue weighted by atomic mass is 10.1. The van der Waals surface area contributed by atoms with Crippen LogP contribution in [-0.4, -0.2) is 47.3 Å². The zero-order valence-electron chi connectivity index (χ0n) is 19.6. The molecule has 4 aromatic rings. The number of Topliss-reactive ketones (excluding diaryl/α,β-unsaturated/α-hetero) is 1. The van der Waals surface area contributed by atoms with Crippen LogP contribution in [0, 0.1) is 5.82 Å². The van der Waals surface area contributed by atoms with E-state index in [-0.39, 0.29) is 29.5 Å². The molecule has 0 bridgehead atoms. The van der Waals surface area contributed by atoms with Gasteiger partial charge in [0.2, 0.25) is 0 Å². The number of ketones is 1. The standard InChI is InChI=1S/C27H24FN3O4S/c1-35-14-13-29-25(33)20-9-12-22-23(15-20)30-27(31(26(22)34)16-18-5-3-2-4-6-18)36-17-24(32)19-7-10-21(28)11-8-19/h2-12,15H,13-14,16-17H2,1H3,(H,29,33). The molecule has 184 valence electrons. The smallest absolute Gasteiger partial charge is 0.262 e. The van der Waals surface area contributed by atoms with Gasteiger partial charge in [-0.15, -0.1) is 0 Å². The molecule has 9 heteroatoms. The third-order valence-corrected chi connectivity index (χ3v) is 6.43. The molecule has 1 amide bonds. The van der Waals surface area contributed by atoms with Crippen molar-refractivity contribution in [1.29, 1.82) is 0 Å². The summed E-state index contributed by atoms with van der Waals surface area (Å²) in [4.78, 5) is 43.3. The SMILES string of the molecule is COCCNC(=O)c1ccc2c(=O)n(Cc3ccccc3)c(SCC(=O)c3ccc(F)cc3)nc2c1. The number of fused-ring (bicyclic) bond motifs is 1. The number of carbonyl (C=O) groups is 2. The first kappa shape index (κ1) is 25.3. The Kier molecular flexibility index (Phi) is 8.24. The lowest BCUT2D eigenvalue weighted by molar-refractivity contribution is 0.0936. The first-order chi connectivity index (χ1) is 17.5. The van der Waals surface area contributed by atoms with Crippen LogP contribution in [0.25, 0.3) is 10.9 Å². The third-order valence-electron chi connectivity index (χ3n) is 5.46. The Bertz CT molecular complexity index is 1440. The van der Waals surface area contributed by atoms with E-state index in [1.807, 2.05) is 30.3 Å². The number of rotatable bonds is 10. The van der Waals surface area contributed by atoms with Crippen molar-refractivity contribution < 1.29 is 18.7 Å². The summed E-state index contributed by atoms with van der Waals surface area (Å²) in [7, 11) is 1.55. The average Bonchev–Trinajstić information content (AvgIpc) is 2.90. The molecule has 7 nitrogen and oxygen atoms in total. The Balaban J connectivity index is 1.68. The van der Waals surface area contributed by atoms with Gasteiger partial charge < -0.3 is 10.1 Å². The lowest BCUT2D eigenvalue weighted by Gasteiger charge is -2.14. The van der Waals surface area contributed by atoms with E-state index in [0.29, 0.717) is 40.3 Å². The van der Waals surface area contributed by atoms with Gasteiger partial charge in [-0.05, 0) is 48.0 Å². The van der Waals surface area contributed by atoms with Gasteiger partial charge in [-0.1, -0.05) is 42.1 Å². The highest BCUT2D eigenvalue weighted by molar-refractivity contribution is 7.99. The van der Waals surface area contributed by atoms with Crippen molar-refractivity contribution in [3.8, 4) is 0 Å². The molecule has 4 rings (SSSR count). The highest BCUT2D eigenvalue weighted by Crippen LogP contribution is 2.21. The number of benzene rings is 3. The summed E-state index contributed by atoms with van der Waals surface area (Å²) >= 11 is 1.13. The Morgan fingerprint density at radius 2 is 1.75 bits per heavy atom. The minimum atomic E-state index is -0.422. The fraction of sp³-hybridized carbons (Fsp3) is 0.185. The van der Waals surface area contributed by atoms with Gasteiger partial charge in [-0.2, -0.15) is 0 Å². The molecule has 0 unspecified atom stereocenters. The second kappa shape index (κ2) is 11.7. The normalized spacial score (nSPS) is 10.9. The van der Waals surface area contributed by atoms with Crippen molar-refractivity contribution in [3.05, 3.63) is 106 Å². The molecular formula is C27H24FN3O4S. The Morgan fingerprint density at radius 1 is 1.03 bits per heavy atom. The number of halogens is 1. The predicted octanol–water partition coefficient (Wildman–Crippen LogP) is 3.94. The summed E-state index contributed by atoms with van der Waals surface area (Å²) < 4.78 is 19.7. The number of hydrogen-bond acceptors (Lipinski definition) is 6. The van der Waals surface area contributed by atoms with Gasteiger partial charge in [-0.25, -0.2) is 9.37 Å². The van der Waals surface area contributed by atoms with E-state index in [2.05, 4.69) is 10.3 Å². The van der Waals surface area contributed by atoms with Crippen molar-refractivity contribution in [3.63, 3.8) is 0 Å². The van der Waals surface area contributed by atoms with Crippen LogP contribution in [0.1, 0.15) is 26.3 Å². The topological polar surface area (TPSA) is 90.3 Å². The van der Waals surface area contributed by atoms with E-state index in [1.54, 1.807) is 25.3 Å². The fourth-order valence-electron chi connectivity index (χ4n) is 3.58. The predicted molar refractivity (Wildman–Crippen MR) is 137 cm³/mol. The van der Waals surface area contributed by atoms with Crippen molar-refractivity contribution >= 4 is 34.4 Å². The molecule has 0 aliphatic carbocycles. The van der Waals surface area contributed by atoms with Gasteiger partial charge in [0.05, 0.1) is 29.8 Å². The summed E-state index contributed by atoms with van der Waals surface area (Å²) in [5.74, 6) is -0.929. The molecule has 0 aliphatic heterocycles. The van der Waals surface area contributed by atoms with Crippen molar-refractivity contribution in [2.75, 3.05) is 26.0 Å². The number of carbonyl (C=O) groups excluding carboxylic acids is 2. The molecule has 1 N–H and O–H groups in total. The lowest BCUT2D eigenvalue weighted by Crippen LogP contribution is -2.27. The number of hydrogen-bond donors (Lipinski definition) is 1. The number of nitrogens with zero attached hydrogens (tertiary/aromatic N) is 2. The van der Waals surface area contributed by atoms with Crippen molar-refractivity contribution in [2.45, 2.75) is 11.7 Å². The minimum Gasteiger partial charge on any atom is -0.383 e. The average molecular weight is 506 g/mol. The van der Waals surface area contributed by atoms with Crippen LogP contribution in [-0.2, 0) is 11.3 Å². The monoisotopic (exact) mass is 505 g/mol. The molecule has 1 aromatic heterocycles. The van der Waals surface area contributed by atoms with Crippen molar-refractivity contribution in [1.82, 2.24) is 14.9 Å². The van der Waals surface area contributed by atoms with Crippen LogP contribution >= 0.6 is 11.8 Å². The maximum absolute atomic E-state index is 13.5. The van der Waals surface area contributed by atoms with E-state index in [0.717, 1.165) is 17.3 Å². The van der Waals surface area contributed by atoms with E-state index in [9.17, 15) is 18.8 Å². The summed E-state index contributed by atoms with van der Waals surface area (Å²) in [6.07, 6.45) is 0. The Hall–Kier alpha value is -3.82. The summed E-state index contributed by atoms with van der Waals surface area (Å²) in [6, 6.07) is 19.5. The second-order valence-corrected chi connectivity index (χ2v) is 8.91. The van der Waals surface area contributed by atoms with Gasteiger partial charge in [0, 0.05) is 24.8 Å². The highest BCUT2D eigenvalue weighted by atomic mass is 32.2. The molecular weight excluding hydrogens is 481 g/mol. The van der Waals surface area contributed by atoms with Gasteiger partial charge in [-0.3, -0.25) is 19.0 Å². The molecule has 0 atom stereocenters. The fourth-order valence-corrected chi connectivity index (χ4v) is 4.47. The number of amides is 1. The highest BCUT2D eigenvalue weighted by Gasteiger charge is 2.16. The zero-order chi connectivity index (χ0) is 25.5. The van der Waals surface area contributed by atoms with E-state index < -0.39 is 5.82 Å². The number of ether oxygens (including phenoxy) is 1. The molecule has 36 heavy (non-hydrogen) atoms. The molecule has 0 saturated heterocycles. The van der Waals surface area contributed by atoms with E-state index in [1.165, 1.54) is 28.8 Å². The van der Waals surface area contributed by atoms with Gasteiger partial charge in [0.15, 0.2) is 10.9 Å². The molecule has 0 saturated carbocycles. The number of methoxy groups -OCH3 is 1. The van der Waals surface area contributed by atoms with Gasteiger partial charge in [0.1, 0.15) is 5.82 Å². The largest absolute Gasteiger partial charge is 0.383 e.